The Hall–Kier alpha value is -0.650. The fourth-order valence-electron chi connectivity index (χ4n) is 1.55. The average molecular weight is 231 g/mol. The lowest BCUT2D eigenvalue weighted by molar-refractivity contribution is -0.147. The zero-order chi connectivity index (χ0) is 11.6. The van der Waals surface area contributed by atoms with E-state index in [2.05, 4.69) is 5.32 Å². The van der Waals surface area contributed by atoms with Gasteiger partial charge in [0.05, 0.1) is 19.8 Å². The lowest BCUT2D eigenvalue weighted by Gasteiger charge is -2.21. The van der Waals surface area contributed by atoms with Crippen molar-refractivity contribution in [3.8, 4) is 0 Å². The second-order valence-corrected chi connectivity index (χ2v) is 3.86. The summed E-state index contributed by atoms with van der Waals surface area (Å²) in [5.74, 6) is -0.0816. The summed E-state index contributed by atoms with van der Waals surface area (Å²) < 4.78 is 10.4. The highest BCUT2D eigenvalue weighted by molar-refractivity contribution is 5.80. The molecule has 0 aliphatic carbocycles. The number of unbranched alkanes of at least 4 members (excludes halogenated alkanes) is 3. The third kappa shape index (κ3) is 5.44. The van der Waals surface area contributed by atoms with E-state index in [1.54, 1.807) is 0 Å². The van der Waals surface area contributed by atoms with Crippen LogP contribution in [0.5, 0.6) is 0 Å². The Kier molecular flexibility index (Phi) is 7.12. The Morgan fingerprint density at radius 1 is 1.25 bits per heavy atom. The van der Waals surface area contributed by atoms with Crippen LogP contribution in [-0.2, 0) is 14.3 Å². The van der Waals surface area contributed by atoms with Crippen molar-refractivity contribution in [3.05, 3.63) is 0 Å². The van der Waals surface area contributed by atoms with Crippen LogP contribution in [0.1, 0.15) is 25.7 Å². The molecular weight excluding hydrogens is 210 g/mol. The van der Waals surface area contributed by atoms with Gasteiger partial charge in [-0.1, -0.05) is 12.8 Å². The summed E-state index contributed by atoms with van der Waals surface area (Å²) in [5, 5.41) is 11.4. The van der Waals surface area contributed by atoms with E-state index in [0.29, 0.717) is 26.4 Å². The maximum Gasteiger partial charge on any atom is 0.251 e. The van der Waals surface area contributed by atoms with E-state index < -0.39 is 6.10 Å². The maximum absolute atomic E-state index is 11.5. The third-order valence-corrected chi connectivity index (χ3v) is 2.49. The van der Waals surface area contributed by atoms with Crippen molar-refractivity contribution in [2.45, 2.75) is 31.8 Å². The summed E-state index contributed by atoms with van der Waals surface area (Å²) in [6.45, 7) is 2.35. The maximum atomic E-state index is 11.5. The molecule has 0 spiro atoms. The number of carbonyl (C=O) groups excluding carboxylic acids is 1. The highest BCUT2D eigenvalue weighted by Gasteiger charge is 2.21. The third-order valence-electron chi connectivity index (χ3n) is 2.49. The fourth-order valence-corrected chi connectivity index (χ4v) is 1.55. The van der Waals surface area contributed by atoms with Crippen molar-refractivity contribution in [1.82, 2.24) is 5.32 Å². The molecule has 0 bridgehead atoms. The first kappa shape index (κ1) is 13.4. The van der Waals surface area contributed by atoms with Gasteiger partial charge in [0.25, 0.3) is 5.91 Å². The average Bonchev–Trinajstić information content (AvgIpc) is 2.34. The topological polar surface area (TPSA) is 67.8 Å². The molecule has 16 heavy (non-hydrogen) atoms. The minimum Gasteiger partial charge on any atom is -0.396 e. The van der Waals surface area contributed by atoms with Gasteiger partial charge in [0.2, 0.25) is 0 Å². The number of ether oxygens (including phenoxy) is 2. The molecule has 1 heterocycles. The molecule has 94 valence electrons. The Labute approximate surface area is 96.1 Å². The van der Waals surface area contributed by atoms with Gasteiger partial charge in [0.15, 0.2) is 6.10 Å². The summed E-state index contributed by atoms with van der Waals surface area (Å²) in [6.07, 6.45) is 3.39. The second-order valence-electron chi connectivity index (χ2n) is 3.86. The van der Waals surface area contributed by atoms with E-state index in [4.69, 9.17) is 14.6 Å². The standard InChI is InChI=1S/C11H21NO4/c13-6-4-2-1-3-5-12-11(14)10-9-15-7-8-16-10/h10,13H,1-9H2,(H,12,14). The lowest BCUT2D eigenvalue weighted by atomic mass is 10.2. The summed E-state index contributed by atoms with van der Waals surface area (Å²) in [7, 11) is 0. The number of aliphatic hydroxyl groups is 1. The quantitative estimate of drug-likeness (QED) is 0.608. The molecule has 0 aromatic carbocycles. The molecule has 1 aliphatic heterocycles. The number of aliphatic hydroxyl groups excluding tert-OH is 1. The van der Waals surface area contributed by atoms with Crippen LogP contribution in [0.3, 0.4) is 0 Å². The minimum atomic E-state index is -0.439. The van der Waals surface area contributed by atoms with Crippen LogP contribution < -0.4 is 5.32 Å². The molecule has 5 nitrogen and oxygen atoms in total. The Morgan fingerprint density at radius 2 is 2.06 bits per heavy atom. The summed E-state index contributed by atoms with van der Waals surface area (Å²) in [4.78, 5) is 11.5. The van der Waals surface area contributed by atoms with Gasteiger partial charge in [0.1, 0.15) is 0 Å². The smallest absolute Gasteiger partial charge is 0.251 e. The number of nitrogens with one attached hydrogen (secondary N) is 1. The van der Waals surface area contributed by atoms with Crippen LogP contribution in [0.4, 0.5) is 0 Å². The molecule has 2 N–H and O–H groups in total. The van der Waals surface area contributed by atoms with Crippen LogP contribution in [0.2, 0.25) is 0 Å². The van der Waals surface area contributed by atoms with Gasteiger partial charge >= 0.3 is 0 Å². The number of hydrogen-bond donors (Lipinski definition) is 2. The number of hydrogen-bond acceptors (Lipinski definition) is 4. The molecule has 1 saturated heterocycles. The first-order valence-corrected chi connectivity index (χ1v) is 5.92. The van der Waals surface area contributed by atoms with Crippen molar-refractivity contribution in [2.24, 2.45) is 0 Å². The van der Waals surface area contributed by atoms with Crippen molar-refractivity contribution in [1.29, 1.82) is 0 Å². The van der Waals surface area contributed by atoms with E-state index in [1.807, 2.05) is 0 Å². The van der Waals surface area contributed by atoms with E-state index >= 15 is 0 Å². The monoisotopic (exact) mass is 231 g/mol. The van der Waals surface area contributed by atoms with Gasteiger partial charge in [-0.05, 0) is 12.8 Å². The Balaban J connectivity index is 1.97. The summed E-state index contributed by atoms with van der Waals surface area (Å²) in [6, 6.07) is 0. The number of rotatable bonds is 7. The van der Waals surface area contributed by atoms with Crippen molar-refractivity contribution < 1.29 is 19.4 Å². The summed E-state index contributed by atoms with van der Waals surface area (Å²) >= 11 is 0. The molecule has 0 aromatic heterocycles. The molecule has 1 fully saturated rings. The van der Waals surface area contributed by atoms with Crippen molar-refractivity contribution in [2.75, 3.05) is 33.0 Å². The normalized spacial score (nSPS) is 20.7. The Bertz CT molecular complexity index is 192. The molecule has 0 aromatic rings. The molecule has 1 atom stereocenters. The molecule has 0 radical (unpaired) electrons. The van der Waals surface area contributed by atoms with E-state index in [1.165, 1.54) is 0 Å². The van der Waals surface area contributed by atoms with Crippen LogP contribution in [-0.4, -0.2) is 50.1 Å². The fraction of sp³-hybridized carbons (Fsp3) is 0.909. The zero-order valence-electron chi connectivity index (χ0n) is 9.61. The highest BCUT2D eigenvalue weighted by atomic mass is 16.6. The van der Waals surface area contributed by atoms with Gasteiger partial charge in [-0.15, -0.1) is 0 Å². The first-order valence-electron chi connectivity index (χ1n) is 5.92. The molecular formula is C11H21NO4. The highest BCUT2D eigenvalue weighted by Crippen LogP contribution is 2.01. The van der Waals surface area contributed by atoms with Crippen LogP contribution >= 0.6 is 0 Å². The molecule has 1 unspecified atom stereocenters. The summed E-state index contributed by atoms with van der Waals surface area (Å²) in [5.41, 5.74) is 0. The van der Waals surface area contributed by atoms with Gasteiger partial charge in [0, 0.05) is 13.2 Å². The van der Waals surface area contributed by atoms with Crippen molar-refractivity contribution >= 4 is 5.91 Å². The zero-order valence-corrected chi connectivity index (χ0v) is 9.61. The van der Waals surface area contributed by atoms with Gasteiger partial charge in [-0.3, -0.25) is 4.79 Å². The number of carbonyl (C=O) groups is 1. The van der Waals surface area contributed by atoms with E-state index in [0.717, 1.165) is 25.7 Å². The van der Waals surface area contributed by atoms with Crippen LogP contribution in [0.15, 0.2) is 0 Å². The Morgan fingerprint density at radius 3 is 2.75 bits per heavy atom. The van der Waals surface area contributed by atoms with E-state index in [-0.39, 0.29) is 12.5 Å². The first-order chi connectivity index (χ1) is 7.84. The van der Waals surface area contributed by atoms with Crippen LogP contribution in [0.25, 0.3) is 0 Å². The predicted molar refractivity (Wildman–Crippen MR) is 59.1 cm³/mol. The van der Waals surface area contributed by atoms with E-state index in [9.17, 15) is 4.79 Å². The minimum absolute atomic E-state index is 0.0816. The lowest BCUT2D eigenvalue weighted by Crippen LogP contribution is -2.43. The largest absolute Gasteiger partial charge is 0.396 e. The SMILES string of the molecule is O=C(NCCCCCCO)C1COCCO1. The van der Waals surface area contributed by atoms with Gasteiger partial charge in [-0.2, -0.15) is 0 Å². The number of amides is 1. The molecule has 1 amide bonds. The molecule has 1 aliphatic rings. The molecule has 0 saturated carbocycles. The second kappa shape index (κ2) is 8.50. The molecule has 1 rings (SSSR count). The van der Waals surface area contributed by atoms with Crippen molar-refractivity contribution in [3.63, 3.8) is 0 Å². The van der Waals surface area contributed by atoms with Gasteiger partial charge < -0.3 is 19.9 Å². The van der Waals surface area contributed by atoms with Crippen LogP contribution in [0, 0.1) is 0 Å². The molecule has 5 heteroatoms. The van der Waals surface area contributed by atoms with Gasteiger partial charge in [-0.25, -0.2) is 0 Å². The predicted octanol–water partition coefficient (Wildman–Crippen LogP) is 0.0707.